The minimum atomic E-state index is -0.151. The number of ether oxygens (including phenoxy) is 2. The topological polar surface area (TPSA) is 44.2 Å². The largest absolute Gasteiger partial charge is 0.469 e. The average Bonchev–Trinajstić information content (AvgIpc) is 2.05. The van der Waals surface area contributed by atoms with Crippen LogP contribution in [0.2, 0.25) is 0 Å². The van der Waals surface area contributed by atoms with E-state index < -0.39 is 0 Å². The average molecular weight is 233 g/mol. The Bertz CT molecular complexity index is 360. The molecule has 64 valence electrons. The molecule has 0 bridgehead atoms. The Morgan fingerprint density at radius 3 is 3.25 bits per heavy atom. The van der Waals surface area contributed by atoms with Gasteiger partial charge in [0.2, 0.25) is 5.88 Å². The molecule has 1 aromatic heterocycles. The second-order valence-electron chi connectivity index (χ2n) is 2.31. The molecule has 1 aliphatic rings. The SMILES string of the molecule is [2H]c1nc(Br)nc(OC2COC2)c1[2H]. The molecule has 0 radical (unpaired) electrons. The first-order chi connectivity index (χ1) is 6.66. The van der Waals surface area contributed by atoms with Crippen molar-refractivity contribution in [2.45, 2.75) is 6.10 Å². The van der Waals surface area contributed by atoms with Crippen molar-refractivity contribution in [2.24, 2.45) is 0 Å². The lowest BCUT2D eigenvalue weighted by atomic mass is 10.3. The Hall–Kier alpha value is -0.680. The molecule has 2 rings (SSSR count). The number of hydrogen-bond donors (Lipinski definition) is 0. The fourth-order valence-electron chi connectivity index (χ4n) is 0.754. The van der Waals surface area contributed by atoms with Crippen molar-refractivity contribution in [1.82, 2.24) is 9.97 Å². The highest BCUT2D eigenvalue weighted by molar-refractivity contribution is 9.10. The van der Waals surface area contributed by atoms with Gasteiger partial charge in [0.25, 0.3) is 0 Å². The van der Waals surface area contributed by atoms with E-state index in [0.717, 1.165) is 0 Å². The van der Waals surface area contributed by atoms with Crippen molar-refractivity contribution in [3.63, 3.8) is 0 Å². The van der Waals surface area contributed by atoms with Crippen LogP contribution in [0.3, 0.4) is 0 Å². The number of rotatable bonds is 2. The van der Waals surface area contributed by atoms with Gasteiger partial charge in [-0.1, -0.05) is 0 Å². The summed E-state index contributed by atoms with van der Waals surface area (Å²) in [7, 11) is 0. The van der Waals surface area contributed by atoms with Gasteiger partial charge in [0.1, 0.15) is 6.10 Å². The summed E-state index contributed by atoms with van der Waals surface area (Å²) in [6.45, 7) is 1.02. The molecule has 0 unspecified atom stereocenters. The molecule has 0 saturated carbocycles. The molecule has 0 spiro atoms. The normalized spacial score (nSPS) is 19.4. The van der Waals surface area contributed by atoms with Gasteiger partial charge in [-0.05, 0) is 15.9 Å². The molecule has 0 atom stereocenters. The Labute approximate surface area is 80.9 Å². The Morgan fingerprint density at radius 2 is 2.58 bits per heavy atom. The van der Waals surface area contributed by atoms with Crippen molar-refractivity contribution < 1.29 is 12.2 Å². The monoisotopic (exact) mass is 232 g/mol. The molecule has 0 amide bonds. The molecular weight excluding hydrogens is 224 g/mol. The van der Waals surface area contributed by atoms with Crippen molar-refractivity contribution >= 4 is 15.9 Å². The fraction of sp³-hybridized carbons (Fsp3) is 0.429. The third kappa shape index (κ3) is 1.73. The number of aromatic nitrogens is 2. The van der Waals surface area contributed by atoms with Crippen LogP contribution in [0, 0.1) is 0 Å². The van der Waals surface area contributed by atoms with Gasteiger partial charge in [0.05, 0.1) is 16.0 Å². The van der Waals surface area contributed by atoms with E-state index in [1.165, 1.54) is 0 Å². The standard InChI is InChI=1S/C7H7BrN2O2/c8-7-9-2-1-6(10-7)12-5-3-11-4-5/h1-2,5H,3-4H2/i1D,2D. The van der Waals surface area contributed by atoms with Crippen LogP contribution in [0.15, 0.2) is 16.9 Å². The van der Waals surface area contributed by atoms with Gasteiger partial charge < -0.3 is 9.47 Å². The number of nitrogens with zero attached hydrogens (tertiary/aromatic N) is 2. The number of halogens is 1. The first kappa shape index (κ1) is 5.88. The summed E-state index contributed by atoms with van der Waals surface area (Å²) in [5.74, 6) is 0.130. The predicted octanol–water partition coefficient (Wildman–Crippen LogP) is 1.02. The molecule has 1 aromatic rings. The Balaban J connectivity index is 2.22. The van der Waals surface area contributed by atoms with Gasteiger partial charge in [-0.25, -0.2) is 4.98 Å². The highest BCUT2D eigenvalue weighted by atomic mass is 79.9. The summed E-state index contributed by atoms with van der Waals surface area (Å²) in [4.78, 5) is 7.53. The van der Waals surface area contributed by atoms with Gasteiger partial charge in [-0.3, -0.25) is 0 Å². The van der Waals surface area contributed by atoms with Gasteiger partial charge in [-0.2, -0.15) is 4.98 Å². The lowest BCUT2D eigenvalue weighted by Crippen LogP contribution is -2.38. The highest BCUT2D eigenvalue weighted by Crippen LogP contribution is 2.14. The zero-order chi connectivity index (χ0) is 10.1. The van der Waals surface area contributed by atoms with Crippen LogP contribution in [-0.4, -0.2) is 29.3 Å². The maximum Gasteiger partial charge on any atom is 0.217 e. The Kier molecular flexibility index (Phi) is 1.65. The van der Waals surface area contributed by atoms with E-state index in [1.54, 1.807) is 0 Å². The Morgan fingerprint density at radius 1 is 1.75 bits per heavy atom. The van der Waals surface area contributed by atoms with E-state index in [-0.39, 0.29) is 28.9 Å². The van der Waals surface area contributed by atoms with Crippen LogP contribution in [0.1, 0.15) is 2.74 Å². The quantitative estimate of drug-likeness (QED) is 0.715. The molecule has 4 nitrogen and oxygen atoms in total. The summed E-state index contributed by atoms with van der Waals surface area (Å²) in [5.41, 5.74) is 0. The zero-order valence-corrected chi connectivity index (χ0v) is 7.67. The van der Waals surface area contributed by atoms with Crippen molar-refractivity contribution in [3.05, 3.63) is 16.9 Å². The summed E-state index contributed by atoms with van der Waals surface area (Å²) < 4.78 is 25.3. The predicted molar refractivity (Wildman–Crippen MR) is 45.0 cm³/mol. The lowest BCUT2D eigenvalue weighted by molar-refractivity contribution is -0.0814. The van der Waals surface area contributed by atoms with Gasteiger partial charge in [0, 0.05) is 12.2 Å². The van der Waals surface area contributed by atoms with E-state index in [9.17, 15) is 0 Å². The van der Waals surface area contributed by atoms with Crippen LogP contribution in [-0.2, 0) is 4.74 Å². The van der Waals surface area contributed by atoms with Gasteiger partial charge >= 0.3 is 0 Å². The molecule has 5 heteroatoms. The molecule has 0 N–H and O–H groups in total. The minimum absolute atomic E-state index is 0.0553. The first-order valence-corrected chi connectivity index (χ1v) is 4.21. The third-order valence-electron chi connectivity index (χ3n) is 1.39. The second kappa shape index (κ2) is 3.37. The molecule has 1 fully saturated rings. The number of hydrogen-bond acceptors (Lipinski definition) is 4. The van der Waals surface area contributed by atoms with E-state index in [0.29, 0.717) is 13.2 Å². The maximum atomic E-state index is 7.49. The van der Waals surface area contributed by atoms with Crippen molar-refractivity contribution in [3.8, 4) is 5.88 Å². The second-order valence-corrected chi connectivity index (χ2v) is 3.02. The van der Waals surface area contributed by atoms with E-state index in [2.05, 4.69) is 25.9 Å². The van der Waals surface area contributed by atoms with Crippen LogP contribution in [0.4, 0.5) is 0 Å². The van der Waals surface area contributed by atoms with Gasteiger partial charge in [0.15, 0.2) is 4.73 Å². The van der Waals surface area contributed by atoms with Crippen LogP contribution in [0.5, 0.6) is 5.88 Å². The molecular formula is C7H7BrN2O2. The maximum absolute atomic E-state index is 7.49. The first-order valence-electron chi connectivity index (χ1n) is 4.42. The van der Waals surface area contributed by atoms with Gasteiger partial charge in [-0.15, -0.1) is 0 Å². The van der Waals surface area contributed by atoms with Crippen molar-refractivity contribution in [2.75, 3.05) is 13.2 Å². The highest BCUT2D eigenvalue weighted by Gasteiger charge is 2.20. The van der Waals surface area contributed by atoms with Crippen LogP contribution >= 0.6 is 15.9 Å². The zero-order valence-electron chi connectivity index (χ0n) is 8.08. The molecule has 1 aliphatic heterocycles. The summed E-state index contributed by atoms with van der Waals surface area (Å²) in [5, 5.41) is 0. The molecule has 0 aromatic carbocycles. The van der Waals surface area contributed by atoms with Crippen LogP contribution in [0.25, 0.3) is 0 Å². The van der Waals surface area contributed by atoms with Crippen LogP contribution < -0.4 is 4.74 Å². The van der Waals surface area contributed by atoms with E-state index in [4.69, 9.17) is 12.2 Å². The summed E-state index contributed by atoms with van der Waals surface area (Å²) in [6.07, 6.45) is -0.206. The molecule has 12 heavy (non-hydrogen) atoms. The molecule has 1 saturated heterocycles. The van der Waals surface area contributed by atoms with Crippen molar-refractivity contribution in [1.29, 1.82) is 0 Å². The third-order valence-corrected chi connectivity index (χ3v) is 1.75. The molecule has 0 aliphatic carbocycles. The van der Waals surface area contributed by atoms with E-state index in [1.807, 2.05) is 0 Å². The fourth-order valence-corrected chi connectivity index (χ4v) is 1.00. The minimum Gasteiger partial charge on any atom is -0.469 e. The van der Waals surface area contributed by atoms with E-state index >= 15 is 0 Å². The smallest absolute Gasteiger partial charge is 0.217 e. The molecule has 2 heterocycles. The summed E-state index contributed by atoms with van der Waals surface area (Å²) >= 11 is 3.04. The summed E-state index contributed by atoms with van der Waals surface area (Å²) in [6, 6.07) is -0.0971. The lowest BCUT2D eigenvalue weighted by Gasteiger charge is -2.25.